The Bertz CT molecular complexity index is 453. The van der Waals surface area contributed by atoms with Gasteiger partial charge in [-0.15, -0.1) is 0 Å². The van der Waals surface area contributed by atoms with Crippen molar-refractivity contribution in [2.24, 2.45) is 5.73 Å². The Morgan fingerprint density at radius 3 is 2.19 bits per heavy atom. The van der Waals surface area contributed by atoms with Crippen LogP contribution in [0.5, 0.6) is 0 Å². The highest BCUT2D eigenvalue weighted by atomic mass is 32.2. The number of rotatable bonds is 4. The molecule has 3 nitrogen and oxygen atoms in total. The molecule has 0 heterocycles. The Hall–Kier alpha value is -1.01. The number of sulfone groups is 1. The smallest absolute Gasteiger partial charge is 0.147 e. The minimum atomic E-state index is -3.11. The third-order valence-electron chi connectivity index (χ3n) is 2.11. The molecule has 0 fully saturated rings. The SMILES string of the molecule is CS(=O)(=O)CCC(N)c1cc(F)cc(F)c1. The van der Waals surface area contributed by atoms with Gasteiger partial charge in [0.05, 0.1) is 5.75 Å². The van der Waals surface area contributed by atoms with E-state index in [4.69, 9.17) is 5.73 Å². The summed E-state index contributed by atoms with van der Waals surface area (Å²) in [5, 5.41) is 0. The minimum Gasteiger partial charge on any atom is -0.324 e. The fourth-order valence-electron chi connectivity index (χ4n) is 1.30. The van der Waals surface area contributed by atoms with E-state index in [2.05, 4.69) is 0 Å². The Balaban J connectivity index is 2.76. The van der Waals surface area contributed by atoms with Crippen LogP contribution in [0.2, 0.25) is 0 Å². The summed E-state index contributed by atoms with van der Waals surface area (Å²) in [6.07, 6.45) is 1.23. The number of hydrogen-bond acceptors (Lipinski definition) is 3. The Morgan fingerprint density at radius 1 is 1.25 bits per heavy atom. The van der Waals surface area contributed by atoms with Crippen molar-refractivity contribution in [3.63, 3.8) is 0 Å². The van der Waals surface area contributed by atoms with Crippen molar-refractivity contribution < 1.29 is 17.2 Å². The number of halogens is 2. The van der Waals surface area contributed by atoms with Crippen LogP contribution in [0.3, 0.4) is 0 Å². The highest BCUT2D eigenvalue weighted by Gasteiger charge is 2.12. The molecule has 1 atom stereocenters. The van der Waals surface area contributed by atoms with Gasteiger partial charge in [0, 0.05) is 18.4 Å². The highest BCUT2D eigenvalue weighted by molar-refractivity contribution is 7.90. The standard InChI is InChI=1S/C10H13F2NO2S/c1-16(14,15)3-2-10(13)7-4-8(11)6-9(12)5-7/h4-6,10H,2-3,13H2,1H3. The largest absolute Gasteiger partial charge is 0.324 e. The lowest BCUT2D eigenvalue weighted by molar-refractivity contribution is 0.569. The molecule has 0 bridgehead atoms. The molecular formula is C10H13F2NO2S. The van der Waals surface area contributed by atoms with Crippen LogP contribution in [0.15, 0.2) is 18.2 Å². The maximum atomic E-state index is 12.8. The lowest BCUT2D eigenvalue weighted by Gasteiger charge is -2.11. The number of nitrogens with two attached hydrogens (primary N) is 1. The third-order valence-corrected chi connectivity index (χ3v) is 3.09. The van der Waals surface area contributed by atoms with E-state index >= 15 is 0 Å². The Labute approximate surface area is 93.2 Å². The molecule has 0 saturated carbocycles. The van der Waals surface area contributed by atoms with Crippen LogP contribution < -0.4 is 5.73 Å². The maximum Gasteiger partial charge on any atom is 0.147 e. The van der Waals surface area contributed by atoms with Crippen LogP contribution in [0.4, 0.5) is 8.78 Å². The topological polar surface area (TPSA) is 60.2 Å². The van der Waals surface area contributed by atoms with Crippen LogP contribution in [0.25, 0.3) is 0 Å². The van der Waals surface area contributed by atoms with Crippen molar-refractivity contribution in [2.45, 2.75) is 12.5 Å². The summed E-state index contributed by atoms with van der Waals surface area (Å²) in [6.45, 7) is 0. The van der Waals surface area contributed by atoms with Gasteiger partial charge in [-0.1, -0.05) is 0 Å². The van der Waals surface area contributed by atoms with Crippen LogP contribution in [0, 0.1) is 11.6 Å². The fourth-order valence-corrected chi connectivity index (χ4v) is 1.98. The molecular weight excluding hydrogens is 236 g/mol. The molecule has 0 aromatic heterocycles. The minimum absolute atomic E-state index is 0.105. The zero-order chi connectivity index (χ0) is 12.3. The summed E-state index contributed by atoms with van der Waals surface area (Å²) in [5.74, 6) is -1.54. The molecule has 1 rings (SSSR count). The van der Waals surface area contributed by atoms with Gasteiger partial charge in [0.2, 0.25) is 0 Å². The molecule has 0 radical (unpaired) electrons. The van der Waals surface area contributed by atoms with Gasteiger partial charge in [0.1, 0.15) is 21.5 Å². The molecule has 0 saturated heterocycles. The lowest BCUT2D eigenvalue weighted by atomic mass is 10.1. The lowest BCUT2D eigenvalue weighted by Crippen LogP contribution is -2.16. The Kier molecular flexibility index (Phi) is 3.98. The van der Waals surface area contributed by atoms with E-state index in [9.17, 15) is 17.2 Å². The van der Waals surface area contributed by atoms with Crippen molar-refractivity contribution in [3.8, 4) is 0 Å². The summed E-state index contributed by atoms with van der Waals surface area (Å²) in [4.78, 5) is 0. The van der Waals surface area contributed by atoms with Crippen molar-refractivity contribution in [1.82, 2.24) is 0 Å². The second-order valence-corrected chi connectivity index (χ2v) is 5.99. The van der Waals surface area contributed by atoms with E-state index < -0.39 is 27.5 Å². The van der Waals surface area contributed by atoms with E-state index in [1.165, 1.54) is 0 Å². The molecule has 0 spiro atoms. The van der Waals surface area contributed by atoms with Crippen molar-refractivity contribution in [1.29, 1.82) is 0 Å². The van der Waals surface area contributed by atoms with E-state index in [-0.39, 0.29) is 17.7 Å². The summed E-state index contributed by atoms with van der Waals surface area (Å²) in [7, 11) is -3.11. The van der Waals surface area contributed by atoms with Gasteiger partial charge in [-0.3, -0.25) is 0 Å². The molecule has 0 aliphatic rings. The molecule has 0 aliphatic heterocycles. The predicted octanol–water partition coefficient (Wildman–Crippen LogP) is 1.40. The summed E-state index contributed by atoms with van der Waals surface area (Å²) < 4.78 is 47.5. The molecule has 16 heavy (non-hydrogen) atoms. The quantitative estimate of drug-likeness (QED) is 0.877. The third kappa shape index (κ3) is 4.24. The van der Waals surface area contributed by atoms with Gasteiger partial charge in [0.25, 0.3) is 0 Å². The summed E-state index contributed by atoms with van der Waals surface area (Å²) in [5.41, 5.74) is 5.91. The fraction of sp³-hybridized carbons (Fsp3) is 0.400. The van der Waals surface area contributed by atoms with E-state index in [0.29, 0.717) is 0 Å². The van der Waals surface area contributed by atoms with Crippen molar-refractivity contribution >= 4 is 9.84 Å². The predicted molar refractivity (Wildman–Crippen MR) is 57.6 cm³/mol. The molecule has 0 amide bonds. The van der Waals surface area contributed by atoms with Crippen LogP contribution >= 0.6 is 0 Å². The van der Waals surface area contributed by atoms with Crippen molar-refractivity contribution in [2.75, 3.05) is 12.0 Å². The molecule has 6 heteroatoms. The number of hydrogen-bond donors (Lipinski definition) is 1. The molecule has 1 unspecified atom stereocenters. The van der Waals surface area contributed by atoms with Crippen molar-refractivity contribution in [3.05, 3.63) is 35.4 Å². The zero-order valence-electron chi connectivity index (χ0n) is 8.78. The van der Waals surface area contributed by atoms with Gasteiger partial charge in [-0.2, -0.15) is 0 Å². The van der Waals surface area contributed by atoms with Gasteiger partial charge in [-0.25, -0.2) is 17.2 Å². The van der Waals surface area contributed by atoms with Crippen LogP contribution in [0.1, 0.15) is 18.0 Å². The monoisotopic (exact) mass is 249 g/mol. The molecule has 0 aliphatic carbocycles. The molecule has 90 valence electrons. The van der Waals surface area contributed by atoms with Crippen LogP contribution in [-0.4, -0.2) is 20.4 Å². The molecule has 2 N–H and O–H groups in total. The average molecular weight is 249 g/mol. The summed E-state index contributed by atoms with van der Waals surface area (Å²) >= 11 is 0. The van der Waals surface area contributed by atoms with E-state index in [1.54, 1.807) is 0 Å². The van der Waals surface area contributed by atoms with Crippen LogP contribution in [-0.2, 0) is 9.84 Å². The summed E-state index contributed by atoms with van der Waals surface area (Å²) in [6, 6.07) is 2.28. The first-order chi connectivity index (χ1) is 7.28. The zero-order valence-corrected chi connectivity index (χ0v) is 9.60. The van der Waals surface area contributed by atoms with Gasteiger partial charge >= 0.3 is 0 Å². The number of benzene rings is 1. The van der Waals surface area contributed by atoms with E-state index in [1.807, 2.05) is 0 Å². The van der Waals surface area contributed by atoms with E-state index in [0.717, 1.165) is 24.5 Å². The molecule has 1 aromatic rings. The second kappa shape index (κ2) is 4.88. The van der Waals surface area contributed by atoms with Gasteiger partial charge < -0.3 is 5.73 Å². The highest BCUT2D eigenvalue weighted by Crippen LogP contribution is 2.17. The normalized spacial score (nSPS) is 13.8. The molecule has 1 aromatic carbocycles. The Morgan fingerprint density at radius 2 is 1.75 bits per heavy atom. The first-order valence-corrected chi connectivity index (χ1v) is 6.73. The van der Waals surface area contributed by atoms with Gasteiger partial charge in [0.15, 0.2) is 0 Å². The second-order valence-electron chi connectivity index (χ2n) is 3.73. The van der Waals surface area contributed by atoms with Gasteiger partial charge in [-0.05, 0) is 24.1 Å². The first kappa shape index (κ1) is 13.1. The maximum absolute atomic E-state index is 12.8. The average Bonchev–Trinajstić information content (AvgIpc) is 2.11. The first-order valence-electron chi connectivity index (χ1n) is 4.67.